The van der Waals surface area contributed by atoms with E-state index >= 15 is 0 Å². The third-order valence-corrected chi connectivity index (χ3v) is 3.99. The van der Waals surface area contributed by atoms with E-state index in [1.807, 2.05) is 0 Å². The van der Waals surface area contributed by atoms with Crippen LogP contribution < -0.4 is 10.5 Å². The topological polar surface area (TPSA) is 142 Å². The Morgan fingerprint density at radius 3 is 2.79 bits per heavy atom. The number of tetrazole rings is 1. The van der Waals surface area contributed by atoms with Gasteiger partial charge in [0.1, 0.15) is 0 Å². The second-order valence-corrected chi connectivity index (χ2v) is 6.47. The summed E-state index contributed by atoms with van der Waals surface area (Å²) in [4.78, 5) is 19.6. The largest absolute Gasteiger partial charge is 0.490 e. The van der Waals surface area contributed by atoms with E-state index in [-0.39, 0.29) is 36.4 Å². The fourth-order valence-electron chi connectivity index (χ4n) is 2.44. The van der Waals surface area contributed by atoms with Gasteiger partial charge in [0, 0.05) is 30.4 Å². The smallest absolute Gasteiger partial charge is 0.304 e. The minimum absolute atomic E-state index is 0.0807. The Labute approximate surface area is 169 Å². The predicted molar refractivity (Wildman–Crippen MR) is 99.7 cm³/mol. The highest BCUT2D eigenvalue weighted by Crippen LogP contribution is 2.23. The summed E-state index contributed by atoms with van der Waals surface area (Å²) >= 11 is 5.62. The SMILES string of the molecule is N[C@@H](CC(=O)O)Cn1nnc(-c2ccc(OCCc3cnc(Cl)nc3)c(F)c2)n1. The number of nitrogens with two attached hydrogens (primary N) is 1. The van der Waals surface area contributed by atoms with Crippen molar-refractivity contribution in [2.45, 2.75) is 25.4 Å². The number of aliphatic carboxylic acids is 1. The van der Waals surface area contributed by atoms with Gasteiger partial charge in [0.05, 0.1) is 19.6 Å². The second-order valence-electron chi connectivity index (χ2n) is 6.13. The first kappa shape index (κ1) is 20.6. The highest BCUT2D eigenvalue weighted by molar-refractivity contribution is 6.28. The van der Waals surface area contributed by atoms with Crippen LogP contribution in [0.15, 0.2) is 30.6 Å². The van der Waals surface area contributed by atoms with Crippen molar-refractivity contribution < 1.29 is 19.0 Å². The van der Waals surface area contributed by atoms with Gasteiger partial charge in [0.15, 0.2) is 11.6 Å². The Balaban J connectivity index is 1.59. The van der Waals surface area contributed by atoms with Crippen LogP contribution >= 0.6 is 11.6 Å². The van der Waals surface area contributed by atoms with Gasteiger partial charge in [0.2, 0.25) is 11.1 Å². The van der Waals surface area contributed by atoms with Gasteiger partial charge in [-0.25, -0.2) is 14.4 Å². The molecule has 1 atom stereocenters. The molecule has 3 aromatic rings. The van der Waals surface area contributed by atoms with Crippen molar-refractivity contribution in [2.75, 3.05) is 6.61 Å². The van der Waals surface area contributed by atoms with Gasteiger partial charge in [-0.2, -0.15) is 4.80 Å². The van der Waals surface area contributed by atoms with E-state index in [0.29, 0.717) is 12.0 Å². The zero-order valence-corrected chi connectivity index (χ0v) is 15.8. The van der Waals surface area contributed by atoms with E-state index in [2.05, 4.69) is 25.4 Å². The maximum atomic E-state index is 14.3. The molecule has 0 fully saturated rings. The number of aromatic nitrogens is 6. The predicted octanol–water partition coefficient (Wildman–Crippen LogP) is 1.35. The Kier molecular flexibility index (Phi) is 6.62. The monoisotopic (exact) mass is 421 g/mol. The van der Waals surface area contributed by atoms with Crippen LogP contribution in [0, 0.1) is 5.82 Å². The molecule has 0 amide bonds. The average Bonchev–Trinajstić information content (AvgIpc) is 3.12. The van der Waals surface area contributed by atoms with E-state index in [1.54, 1.807) is 18.5 Å². The zero-order valence-electron chi connectivity index (χ0n) is 15.1. The molecular formula is C17H17ClFN7O3. The summed E-state index contributed by atoms with van der Waals surface area (Å²) in [5.41, 5.74) is 6.91. The molecular weight excluding hydrogens is 405 g/mol. The molecule has 0 saturated heterocycles. The lowest BCUT2D eigenvalue weighted by molar-refractivity contribution is -0.137. The number of halogens is 2. The molecule has 0 spiro atoms. The molecule has 0 saturated carbocycles. The summed E-state index contributed by atoms with van der Waals surface area (Å²) in [5.74, 6) is -1.32. The van der Waals surface area contributed by atoms with Crippen molar-refractivity contribution >= 4 is 17.6 Å². The van der Waals surface area contributed by atoms with Crippen molar-refractivity contribution in [3.8, 4) is 17.1 Å². The molecule has 1 aromatic carbocycles. The fourth-order valence-corrected chi connectivity index (χ4v) is 2.54. The van der Waals surface area contributed by atoms with E-state index in [0.717, 1.165) is 5.56 Å². The first-order chi connectivity index (χ1) is 13.9. The fraction of sp³-hybridized carbons (Fsp3) is 0.294. The number of rotatable bonds is 9. The van der Waals surface area contributed by atoms with Gasteiger partial charge in [-0.15, -0.1) is 10.2 Å². The van der Waals surface area contributed by atoms with Crippen molar-refractivity contribution in [1.82, 2.24) is 30.2 Å². The third kappa shape index (κ3) is 5.90. The molecule has 0 aliphatic carbocycles. The number of benzene rings is 1. The molecule has 2 heterocycles. The van der Waals surface area contributed by atoms with Crippen LogP contribution in [-0.2, 0) is 17.8 Å². The highest BCUT2D eigenvalue weighted by atomic mass is 35.5. The van der Waals surface area contributed by atoms with Gasteiger partial charge in [-0.05, 0) is 40.6 Å². The van der Waals surface area contributed by atoms with E-state index in [1.165, 1.54) is 16.9 Å². The number of hydrogen-bond donors (Lipinski definition) is 2. The summed E-state index contributed by atoms with van der Waals surface area (Å²) in [5, 5.41) is 20.6. The summed E-state index contributed by atoms with van der Waals surface area (Å²) < 4.78 is 19.8. The van der Waals surface area contributed by atoms with E-state index in [9.17, 15) is 9.18 Å². The standard InChI is InChI=1S/C17H17ClFN7O3/c18-17-21-7-10(8-22-17)3-4-29-14-2-1-11(5-13(14)19)16-23-25-26(24-16)9-12(20)6-15(27)28/h1-2,5,7-8,12H,3-4,6,9,20H2,(H,27,28)/t12-/m0/s1. The van der Waals surface area contributed by atoms with Crippen LogP contribution in [0.1, 0.15) is 12.0 Å². The Morgan fingerprint density at radius 2 is 2.10 bits per heavy atom. The quantitative estimate of drug-likeness (QED) is 0.489. The van der Waals surface area contributed by atoms with Gasteiger partial charge < -0.3 is 15.6 Å². The summed E-state index contributed by atoms with van der Waals surface area (Å²) in [6.45, 7) is 0.314. The third-order valence-electron chi connectivity index (χ3n) is 3.80. The van der Waals surface area contributed by atoms with E-state index < -0.39 is 17.8 Å². The summed E-state index contributed by atoms with van der Waals surface area (Å²) in [6, 6.07) is 3.65. The highest BCUT2D eigenvalue weighted by Gasteiger charge is 2.14. The molecule has 2 aromatic heterocycles. The molecule has 0 aliphatic rings. The van der Waals surface area contributed by atoms with E-state index in [4.69, 9.17) is 27.2 Å². The van der Waals surface area contributed by atoms with Crippen LogP contribution in [0.2, 0.25) is 5.28 Å². The molecule has 3 rings (SSSR count). The average molecular weight is 422 g/mol. The van der Waals surface area contributed by atoms with Gasteiger partial charge in [0.25, 0.3) is 0 Å². The molecule has 3 N–H and O–H groups in total. The first-order valence-corrected chi connectivity index (χ1v) is 8.93. The van der Waals surface area contributed by atoms with Crippen LogP contribution in [-0.4, -0.2) is 53.9 Å². The zero-order chi connectivity index (χ0) is 20.8. The summed E-state index contributed by atoms with van der Waals surface area (Å²) in [6.07, 6.45) is 3.43. The molecule has 10 nitrogen and oxygen atoms in total. The maximum Gasteiger partial charge on any atom is 0.304 e. The number of hydrogen-bond acceptors (Lipinski definition) is 8. The minimum atomic E-state index is -1.01. The summed E-state index contributed by atoms with van der Waals surface area (Å²) in [7, 11) is 0. The van der Waals surface area contributed by atoms with Crippen molar-refractivity contribution in [3.63, 3.8) is 0 Å². The van der Waals surface area contributed by atoms with Gasteiger partial charge in [-0.1, -0.05) is 0 Å². The van der Waals surface area contributed by atoms with Crippen LogP contribution in [0.5, 0.6) is 5.75 Å². The Hall–Kier alpha value is -3.18. The molecule has 0 radical (unpaired) electrons. The van der Waals surface area contributed by atoms with Crippen LogP contribution in [0.3, 0.4) is 0 Å². The second kappa shape index (κ2) is 9.34. The number of carboxylic acids is 1. The molecule has 0 aliphatic heterocycles. The number of nitrogens with zero attached hydrogens (tertiary/aromatic N) is 6. The number of carbonyl (C=O) groups is 1. The number of ether oxygens (including phenoxy) is 1. The minimum Gasteiger partial charge on any atom is -0.490 e. The van der Waals surface area contributed by atoms with Crippen LogP contribution in [0.25, 0.3) is 11.4 Å². The normalized spacial score (nSPS) is 12.0. The molecule has 12 heteroatoms. The van der Waals surface area contributed by atoms with Gasteiger partial charge >= 0.3 is 5.97 Å². The van der Waals surface area contributed by atoms with Crippen LogP contribution in [0.4, 0.5) is 4.39 Å². The van der Waals surface area contributed by atoms with Crippen molar-refractivity contribution in [2.24, 2.45) is 5.73 Å². The lowest BCUT2D eigenvalue weighted by atomic mass is 10.2. The molecule has 0 unspecified atom stereocenters. The first-order valence-electron chi connectivity index (χ1n) is 8.55. The van der Waals surface area contributed by atoms with Gasteiger partial charge in [-0.3, -0.25) is 4.79 Å². The maximum absolute atomic E-state index is 14.3. The van der Waals surface area contributed by atoms with Crippen molar-refractivity contribution in [1.29, 1.82) is 0 Å². The Morgan fingerprint density at radius 1 is 1.34 bits per heavy atom. The lowest BCUT2D eigenvalue weighted by Crippen LogP contribution is -2.30. The number of carboxylic acid groups (broad SMARTS) is 1. The van der Waals surface area contributed by atoms with Crippen molar-refractivity contribution in [3.05, 3.63) is 47.3 Å². The molecule has 29 heavy (non-hydrogen) atoms. The lowest BCUT2D eigenvalue weighted by Gasteiger charge is -2.08. The Bertz CT molecular complexity index is 983. The molecule has 152 valence electrons. The molecule has 0 bridgehead atoms.